The Morgan fingerprint density at radius 2 is 2.16 bits per heavy atom. The number of fused-ring (bicyclic) bond motifs is 3. The van der Waals surface area contributed by atoms with Gasteiger partial charge in [0, 0.05) is 37.6 Å². The summed E-state index contributed by atoms with van der Waals surface area (Å²) in [5.74, 6) is 0.414. The summed E-state index contributed by atoms with van der Waals surface area (Å²) >= 11 is 1.64. The SMILES string of the molecule is CC(=O)Nc1cccc(Nc2ncc3c(n2)-c2sc(NCC4CCCO4)nc2CC3)c1. The van der Waals surface area contributed by atoms with Crippen LogP contribution in [-0.2, 0) is 22.4 Å². The topological polar surface area (TPSA) is 101 Å². The van der Waals surface area contributed by atoms with Gasteiger partial charge in [-0.05, 0) is 49.4 Å². The fraction of sp³-hybridized carbons (Fsp3) is 0.364. The minimum Gasteiger partial charge on any atom is -0.376 e. The van der Waals surface area contributed by atoms with Gasteiger partial charge >= 0.3 is 0 Å². The number of hydrogen-bond donors (Lipinski definition) is 3. The average molecular weight is 437 g/mol. The fourth-order valence-corrected chi connectivity index (χ4v) is 4.94. The Bertz CT molecular complexity index is 1110. The predicted molar refractivity (Wildman–Crippen MR) is 122 cm³/mol. The number of amides is 1. The van der Waals surface area contributed by atoms with E-state index in [1.54, 1.807) is 11.3 Å². The molecule has 1 amide bonds. The second kappa shape index (κ2) is 8.60. The van der Waals surface area contributed by atoms with Gasteiger partial charge in [0.2, 0.25) is 11.9 Å². The second-order valence-electron chi connectivity index (χ2n) is 7.77. The monoisotopic (exact) mass is 436 g/mol. The van der Waals surface area contributed by atoms with E-state index >= 15 is 0 Å². The third kappa shape index (κ3) is 4.52. The number of ether oxygens (including phenoxy) is 1. The third-order valence-corrected chi connectivity index (χ3v) is 6.41. The van der Waals surface area contributed by atoms with Crippen molar-refractivity contribution in [3.8, 4) is 10.6 Å². The summed E-state index contributed by atoms with van der Waals surface area (Å²) in [6.07, 6.45) is 6.19. The molecule has 2 aliphatic rings. The van der Waals surface area contributed by atoms with Gasteiger partial charge in [0.1, 0.15) is 0 Å². The summed E-state index contributed by atoms with van der Waals surface area (Å²) in [6, 6.07) is 7.49. The van der Waals surface area contributed by atoms with E-state index in [1.165, 1.54) is 6.92 Å². The molecular weight excluding hydrogens is 412 g/mol. The van der Waals surface area contributed by atoms with E-state index in [4.69, 9.17) is 14.7 Å². The molecule has 1 aliphatic carbocycles. The zero-order valence-corrected chi connectivity index (χ0v) is 18.1. The molecule has 1 unspecified atom stereocenters. The van der Waals surface area contributed by atoms with Gasteiger partial charge in [-0.1, -0.05) is 17.4 Å². The maximum atomic E-state index is 11.3. The highest BCUT2D eigenvalue weighted by molar-refractivity contribution is 7.19. The zero-order valence-electron chi connectivity index (χ0n) is 17.3. The molecule has 160 valence electrons. The van der Waals surface area contributed by atoms with E-state index in [0.29, 0.717) is 5.95 Å². The first-order chi connectivity index (χ1) is 15.1. The number of anilines is 4. The zero-order chi connectivity index (χ0) is 21.2. The maximum Gasteiger partial charge on any atom is 0.227 e. The molecular formula is C22H24N6O2S. The van der Waals surface area contributed by atoms with Crippen LogP contribution in [0.5, 0.6) is 0 Å². The Hall–Kier alpha value is -3.04. The summed E-state index contributed by atoms with van der Waals surface area (Å²) in [5.41, 5.74) is 4.70. The van der Waals surface area contributed by atoms with Crippen molar-refractivity contribution in [3.63, 3.8) is 0 Å². The molecule has 1 atom stereocenters. The third-order valence-electron chi connectivity index (χ3n) is 5.35. The van der Waals surface area contributed by atoms with Crippen molar-refractivity contribution in [2.45, 2.75) is 38.7 Å². The normalized spacial score (nSPS) is 17.0. The van der Waals surface area contributed by atoms with Crippen molar-refractivity contribution in [2.75, 3.05) is 29.1 Å². The summed E-state index contributed by atoms with van der Waals surface area (Å²) in [4.78, 5) is 26.5. The van der Waals surface area contributed by atoms with Crippen LogP contribution >= 0.6 is 11.3 Å². The highest BCUT2D eigenvalue weighted by atomic mass is 32.1. The molecule has 5 rings (SSSR count). The first kappa shape index (κ1) is 19.9. The van der Waals surface area contributed by atoms with Crippen molar-refractivity contribution in [1.82, 2.24) is 15.0 Å². The lowest BCUT2D eigenvalue weighted by atomic mass is 10.00. The van der Waals surface area contributed by atoms with E-state index in [0.717, 1.165) is 77.2 Å². The molecule has 1 fully saturated rings. The maximum absolute atomic E-state index is 11.3. The Morgan fingerprint density at radius 3 is 3.00 bits per heavy atom. The number of nitrogens with one attached hydrogen (secondary N) is 3. The van der Waals surface area contributed by atoms with Crippen molar-refractivity contribution in [3.05, 3.63) is 41.7 Å². The molecule has 2 aromatic heterocycles. The molecule has 1 saturated heterocycles. The molecule has 3 heterocycles. The van der Waals surface area contributed by atoms with Crippen LogP contribution in [0.1, 0.15) is 31.0 Å². The largest absolute Gasteiger partial charge is 0.376 e. The number of aromatic nitrogens is 3. The molecule has 0 radical (unpaired) electrons. The molecule has 3 aromatic rings. The predicted octanol–water partition coefficient (Wildman–Crippen LogP) is 3.99. The van der Waals surface area contributed by atoms with E-state index in [2.05, 4.69) is 20.9 Å². The average Bonchev–Trinajstić information content (AvgIpc) is 3.41. The van der Waals surface area contributed by atoms with E-state index < -0.39 is 0 Å². The molecule has 0 saturated carbocycles. The molecule has 31 heavy (non-hydrogen) atoms. The minimum atomic E-state index is -0.108. The number of carbonyl (C=O) groups excluding carboxylic acids is 1. The summed E-state index contributed by atoms with van der Waals surface area (Å²) in [5, 5.41) is 10.4. The minimum absolute atomic E-state index is 0.108. The molecule has 1 aliphatic heterocycles. The first-order valence-corrected chi connectivity index (χ1v) is 11.3. The van der Waals surface area contributed by atoms with Gasteiger partial charge in [0.25, 0.3) is 0 Å². The lowest BCUT2D eigenvalue weighted by Crippen LogP contribution is -2.18. The van der Waals surface area contributed by atoms with Crippen LogP contribution in [0.2, 0.25) is 0 Å². The Kier molecular flexibility index (Phi) is 5.52. The highest BCUT2D eigenvalue weighted by Crippen LogP contribution is 2.38. The van der Waals surface area contributed by atoms with Gasteiger partial charge in [-0.25, -0.2) is 15.0 Å². The standard InChI is InChI=1S/C22H24N6O2S/c1-13(29)25-15-4-2-5-16(10-15)26-21-23-11-14-7-8-18-20(19(14)28-21)31-22(27-18)24-12-17-6-3-9-30-17/h2,4-5,10-11,17H,3,6-9,12H2,1H3,(H,24,27)(H,25,29)(H,23,26,28). The number of benzene rings is 1. The second-order valence-corrected chi connectivity index (χ2v) is 8.76. The van der Waals surface area contributed by atoms with Gasteiger partial charge in [0.15, 0.2) is 5.13 Å². The lowest BCUT2D eigenvalue weighted by Gasteiger charge is -2.15. The van der Waals surface area contributed by atoms with Crippen LogP contribution < -0.4 is 16.0 Å². The fourth-order valence-electron chi connectivity index (χ4n) is 3.89. The number of nitrogens with zero attached hydrogens (tertiary/aromatic N) is 3. The first-order valence-electron chi connectivity index (χ1n) is 10.5. The van der Waals surface area contributed by atoms with Gasteiger partial charge in [-0.15, -0.1) is 0 Å². The van der Waals surface area contributed by atoms with Crippen LogP contribution in [0.4, 0.5) is 22.5 Å². The Morgan fingerprint density at radius 1 is 1.26 bits per heavy atom. The summed E-state index contributed by atoms with van der Waals surface area (Å²) < 4.78 is 5.70. The van der Waals surface area contributed by atoms with E-state index in [-0.39, 0.29) is 12.0 Å². The van der Waals surface area contributed by atoms with Gasteiger partial charge in [-0.2, -0.15) is 0 Å². The van der Waals surface area contributed by atoms with Crippen molar-refractivity contribution >= 4 is 39.7 Å². The smallest absolute Gasteiger partial charge is 0.227 e. The molecule has 0 spiro atoms. The quantitative estimate of drug-likeness (QED) is 0.537. The van der Waals surface area contributed by atoms with E-state index in [9.17, 15) is 4.79 Å². The van der Waals surface area contributed by atoms with Crippen LogP contribution in [0.3, 0.4) is 0 Å². The Balaban J connectivity index is 1.35. The summed E-state index contributed by atoms with van der Waals surface area (Å²) in [7, 11) is 0. The van der Waals surface area contributed by atoms with Crippen LogP contribution in [-0.4, -0.2) is 40.1 Å². The van der Waals surface area contributed by atoms with Crippen molar-refractivity contribution in [2.24, 2.45) is 0 Å². The number of aryl methyl sites for hydroxylation is 2. The van der Waals surface area contributed by atoms with Crippen molar-refractivity contribution < 1.29 is 9.53 Å². The van der Waals surface area contributed by atoms with Crippen LogP contribution in [0.15, 0.2) is 30.5 Å². The van der Waals surface area contributed by atoms with Gasteiger partial charge in [0.05, 0.1) is 22.4 Å². The lowest BCUT2D eigenvalue weighted by molar-refractivity contribution is -0.114. The number of carbonyl (C=O) groups is 1. The Labute approximate surface area is 184 Å². The van der Waals surface area contributed by atoms with Crippen LogP contribution in [0, 0.1) is 0 Å². The molecule has 1 aromatic carbocycles. The highest BCUT2D eigenvalue weighted by Gasteiger charge is 2.24. The summed E-state index contributed by atoms with van der Waals surface area (Å²) in [6.45, 7) is 3.14. The molecule has 0 bridgehead atoms. The number of hydrogen-bond acceptors (Lipinski definition) is 8. The molecule has 3 N–H and O–H groups in total. The van der Waals surface area contributed by atoms with Crippen molar-refractivity contribution in [1.29, 1.82) is 0 Å². The van der Waals surface area contributed by atoms with Gasteiger partial charge < -0.3 is 20.7 Å². The number of rotatable bonds is 6. The van der Waals surface area contributed by atoms with Gasteiger partial charge in [-0.3, -0.25) is 4.79 Å². The van der Waals surface area contributed by atoms with Crippen LogP contribution in [0.25, 0.3) is 10.6 Å². The van der Waals surface area contributed by atoms with E-state index in [1.807, 2.05) is 30.5 Å². The molecule has 8 nitrogen and oxygen atoms in total. The molecule has 9 heteroatoms. The number of thiazole rings is 1.